The van der Waals surface area contributed by atoms with E-state index in [-0.39, 0.29) is 0 Å². The Hall–Kier alpha value is -0.610. The Morgan fingerprint density at radius 1 is 1.44 bits per heavy atom. The van der Waals surface area contributed by atoms with E-state index in [0.717, 1.165) is 0 Å². The average Bonchev–Trinajstić information content (AvgIpc) is 2.27. The van der Waals surface area contributed by atoms with Gasteiger partial charge in [-0.1, -0.05) is 23.9 Å². The highest BCUT2D eigenvalue weighted by Gasteiger charge is 2.22. The van der Waals surface area contributed by atoms with Crippen LogP contribution in [0.4, 0.5) is 5.69 Å². The van der Waals surface area contributed by atoms with Crippen LogP contribution < -0.4 is 10.6 Å². The second-order valence-electron chi connectivity index (χ2n) is 3.28. The number of hydrogen-bond donors (Lipinski definition) is 2. The van der Waals surface area contributed by atoms with E-state index in [2.05, 4.69) is 0 Å². The summed E-state index contributed by atoms with van der Waals surface area (Å²) in [6.07, 6.45) is -2.08. The third-order valence-electron chi connectivity index (χ3n) is 2.15. The van der Waals surface area contributed by atoms with Crippen LogP contribution in [0.2, 0.25) is 0 Å². The Kier molecular flexibility index (Phi) is 4.74. The van der Waals surface area contributed by atoms with Crippen LogP contribution in [-0.2, 0) is 11.8 Å². The number of nitrogens with zero attached hydrogens (tertiary/aromatic N) is 1. The number of nitrogen functional groups attached to an aromatic ring is 1. The molecular formula is C10H17N2O2PS. The van der Waals surface area contributed by atoms with Crippen molar-refractivity contribution < 1.29 is 9.73 Å². The van der Waals surface area contributed by atoms with Gasteiger partial charge in [-0.05, 0) is 30.9 Å². The van der Waals surface area contributed by atoms with E-state index in [1.165, 1.54) is 4.83 Å². The van der Waals surface area contributed by atoms with E-state index < -0.39 is 6.42 Å². The van der Waals surface area contributed by atoms with Crippen LogP contribution in [0.15, 0.2) is 24.3 Å². The summed E-state index contributed by atoms with van der Waals surface area (Å²) in [6, 6.07) is 7.15. The van der Waals surface area contributed by atoms with E-state index in [4.69, 9.17) is 22.4 Å². The molecule has 0 bridgehead atoms. The van der Waals surface area contributed by atoms with Crippen molar-refractivity contribution in [2.75, 3.05) is 18.4 Å². The Morgan fingerprint density at radius 3 is 2.56 bits per heavy atom. The lowest BCUT2D eigenvalue weighted by molar-refractivity contribution is 0.0374. The molecule has 3 N–H and O–H groups in total. The summed E-state index contributed by atoms with van der Waals surface area (Å²) >= 11 is 5.13. The molecule has 16 heavy (non-hydrogen) atoms. The Morgan fingerprint density at radius 2 is 2.06 bits per heavy atom. The topological polar surface area (TPSA) is 58.7 Å². The fourth-order valence-corrected chi connectivity index (χ4v) is 2.60. The smallest absolute Gasteiger partial charge is 0.170 e. The van der Waals surface area contributed by atoms with Crippen molar-refractivity contribution in [2.45, 2.75) is 13.8 Å². The van der Waals surface area contributed by atoms with Crippen LogP contribution >= 0.6 is 6.42 Å². The zero-order valence-electron chi connectivity index (χ0n) is 9.46. The maximum absolute atomic E-state index is 10.0. The number of benzene rings is 1. The van der Waals surface area contributed by atoms with Gasteiger partial charge in [0.1, 0.15) is 0 Å². The van der Waals surface area contributed by atoms with Crippen LogP contribution in [0.3, 0.4) is 0 Å². The predicted molar refractivity (Wildman–Crippen MR) is 70.9 cm³/mol. The third kappa shape index (κ3) is 3.19. The first-order valence-electron chi connectivity index (χ1n) is 5.13. The minimum Gasteiger partial charge on any atom is -0.397 e. The SMILES string of the molecule is CCN(Oc1ccccc1N)P(O)(=S)CC. The fourth-order valence-electron chi connectivity index (χ4n) is 1.18. The van der Waals surface area contributed by atoms with Gasteiger partial charge in [-0.2, -0.15) is 0 Å². The molecule has 4 nitrogen and oxygen atoms in total. The highest BCUT2D eigenvalue weighted by Crippen LogP contribution is 2.45. The van der Waals surface area contributed by atoms with E-state index in [0.29, 0.717) is 24.1 Å². The Balaban J connectivity index is 2.87. The zero-order valence-corrected chi connectivity index (χ0v) is 11.2. The lowest BCUT2D eigenvalue weighted by atomic mass is 10.3. The molecule has 90 valence electrons. The molecule has 0 aliphatic carbocycles. The van der Waals surface area contributed by atoms with Crippen molar-refractivity contribution >= 4 is 23.9 Å². The van der Waals surface area contributed by atoms with Gasteiger partial charge in [-0.3, -0.25) is 0 Å². The summed E-state index contributed by atoms with van der Waals surface area (Å²) in [6.45, 7) is 4.25. The highest BCUT2D eigenvalue weighted by molar-refractivity contribution is 8.10. The van der Waals surface area contributed by atoms with E-state index in [1.54, 1.807) is 12.1 Å². The van der Waals surface area contributed by atoms with Crippen LogP contribution in [0.5, 0.6) is 5.75 Å². The van der Waals surface area contributed by atoms with Crippen LogP contribution in [0, 0.1) is 0 Å². The molecule has 0 spiro atoms. The second-order valence-corrected chi connectivity index (χ2v) is 7.44. The summed E-state index contributed by atoms with van der Waals surface area (Å²) in [4.78, 5) is 17.0. The van der Waals surface area contributed by atoms with Crippen molar-refractivity contribution in [3.8, 4) is 5.75 Å². The lowest BCUT2D eigenvalue weighted by Gasteiger charge is -2.28. The van der Waals surface area contributed by atoms with Gasteiger partial charge in [0, 0.05) is 12.7 Å². The molecule has 0 saturated heterocycles. The number of nitrogens with two attached hydrogens (primary N) is 1. The molecule has 0 amide bonds. The van der Waals surface area contributed by atoms with Gasteiger partial charge in [0.05, 0.1) is 5.69 Å². The first kappa shape index (κ1) is 13.5. The largest absolute Gasteiger partial charge is 0.397 e. The average molecular weight is 260 g/mol. The molecule has 0 radical (unpaired) electrons. The van der Waals surface area contributed by atoms with Crippen LogP contribution in [-0.4, -0.2) is 22.4 Å². The van der Waals surface area contributed by atoms with Gasteiger partial charge in [-0.25, -0.2) is 0 Å². The van der Waals surface area contributed by atoms with Gasteiger partial charge in [-0.15, -0.1) is 0 Å². The number of para-hydroxylation sites is 2. The maximum atomic E-state index is 10.0. The van der Waals surface area contributed by atoms with Gasteiger partial charge < -0.3 is 15.5 Å². The van der Waals surface area contributed by atoms with Crippen molar-refractivity contribution in [3.05, 3.63) is 24.3 Å². The van der Waals surface area contributed by atoms with E-state index in [1.807, 2.05) is 26.0 Å². The minimum absolute atomic E-state index is 0.503. The summed E-state index contributed by atoms with van der Waals surface area (Å²) in [7, 11) is 0. The Labute approximate surface area is 101 Å². The zero-order chi connectivity index (χ0) is 12.2. The summed E-state index contributed by atoms with van der Waals surface area (Å²) in [5.74, 6) is 0.529. The van der Waals surface area contributed by atoms with Crippen LogP contribution in [0.25, 0.3) is 0 Å². The van der Waals surface area contributed by atoms with Gasteiger partial charge in [0.2, 0.25) is 0 Å². The third-order valence-corrected chi connectivity index (χ3v) is 5.36. The molecule has 1 rings (SSSR count). The molecule has 1 aromatic carbocycles. The molecule has 1 atom stereocenters. The van der Waals surface area contributed by atoms with Gasteiger partial charge >= 0.3 is 0 Å². The number of anilines is 1. The Bertz CT molecular complexity index is 400. The summed E-state index contributed by atoms with van der Waals surface area (Å²) in [5, 5.41) is 0. The molecular weight excluding hydrogens is 243 g/mol. The van der Waals surface area contributed by atoms with E-state index in [9.17, 15) is 4.89 Å². The van der Waals surface area contributed by atoms with Crippen LogP contribution in [0.1, 0.15) is 13.8 Å². The fraction of sp³-hybridized carbons (Fsp3) is 0.400. The van der Waals surface area contributed by atoms with E-state index >= 15 is 0 Å². The summed E-state index contributed by atoms with van der Waals surface area (Å²) < 4.78 is 0. The van der Waals surface area contributed by atoms with Gasteiger partial charge in [0.25, 0.3) is 0 Å². The molecule has 6 heteroatoms. The molecule has 0 aliphatic rings. The quantitative estimate of drug-likeness (QED) is 0.483. The number of rotatable bonds is 5. The molecule has 1 aromatic rings. The molecule has 0 saturated carbocycles. The van der Waals surface area contributed by atoms with Crippen molar-refractivity contribution in [1.29, 1.82) is 0 Å². The molecule has 0 aromatic heterocycles. The molecule has 0 fully saturated rings. The monoisotopic (exact) mass is 260 g/mol. The second kappa shape index (κ2) is 5.64. The standard InChI is InChI=1S/C10H17N2O2PS/c1-3-12(15(13,16)4-2)14-10-8-6-5-7-9(10)11/h5-8H,3-4,11H2,1-2H3,(H,13,16). The first-order valence-corrected chi connectivity index (χ1v) is 8.03. The lowest BCUT2D eigenvalue weighted by Crippen LogP contribution is -2.25. The molecule has 0 aliphatic heterocycles. The van der Waals surface area contributed by atoms with Crippen molar-refractivity contribution in [2.24, 2.45) is 0 Å². The van der Waals surface area contributed by atoms with Gasteiger partial charge in [0.15, 0.2) is 12.2 Å². The number of hydrogen-bond acceptors (Lipinski definition) is 3. The van der Waals surface area contributed by atoms with Crippen molar-refractivity contribution in [1.82, 2.24) is 4.83 Å². The molecule has 1 unspecified atom stereocenters. The normalized spacial score (nSPS) is 14.8. The van der Waals surface area contributed by atoms with Crippen molar-refractivity contribution in [3.63, 3.8) is 0 Å². The summed E-state index contributed by atoms with van der Waals surface area (Å²) in [5.41, 5.74) is 6.29. The molecule has 0 heterocycles. The minimum atomic E-state index is -2.58. The first-order chi connectivity index (χ1) is 7.51. The number of hydroxylamine groups is 1. The predicted octanol–water partition coefficient (Wildman–Crippen LogP) is 2.21. The maximum Gasteiger partial charge on any atom is 0.170 e. The highest BCUT2D eigenvalue weighted by atomic mass is 32.4.